The van der Waals surface area contributed by atoms with Crippen molar-refractivity contribution in [2.45, 2.75) is 17.9 Å². The van der Waals surface area contributed by atoms with E-state index in [1.165, 1.54) is 0 Å². The summed E-state index contributed by atoms with van der Waals surface area (Å²) in [5.41, 5.74) is -1.57. The molecular formula is C8H3ClF5NO6S. The van der Waals surface area contributed by atoms with Crippen LogP contribution in [0.15, 0.2) is 17.0 Å². The van der Waals surface area contributed by atoms with Gasteiger partial charge in [-0.15, -0.1) is 13.2 Å². The number of rotatable bonds is 5. The summed E-state index contributed by atoms with van der Waals surface area (Å²) in [5.74, 6) is -2.86. The largest absolute Gasteiger partial charge is 0.573 e. The molecule has 0 saturated heterocycles. The Labute approximate surface area is 122 Å². The number of nitro groups is 1. The van der Waals surface area contributed by atoms with Crippen LogP contribution in [0.3, 0.4) is 0 Å². The predicted molar refractivity (Wildman–Crippen MR) is 59.5 cm³/mol. The summed E-state index contributed by atoms with van der Waals surface area (Å²) in [6.07, 6.45) is -5.49. The fourth-order valence-corrected chi connectivity index (χ4v) is 2.24. The molecule has 0 bridgehead atoms. The molecule has 0 aliphatic heterocycles. The molecule has 0 unspecified atom stereocenters. The normalized spacial score (nSPS) is 12.3. The van der Waals surface area contributed by atoms with E-state index in [-0.39, 0.29) is 12.1 Å². The van der Waals surface area contributed by atoms with Gasteiger partial charge in [-0.2, -0.15) is 8.78 Å². The lowest BCUT2D eigenvalue weighted by Gasteiger charge is -2.13. The van der Waals surface area contributed by atoms with Gasteiger partial charge >= 0.3 is 18.7 Å². The molecular weight excluding hydrogens is 369 g/mol. The average Bonchev–Trinajstić information content (AvgIpc) is 2.26. The summed E-state index contributed by atoms with van der Waals surface area (Å²) in [7, 11) is -0.165. The molecule has 0 heterocycles. The maximum absolute atomic E-state index is 12.2. The van der Waals surface area contributed by atoms with Gasteiger partial charge in [0.25, 0.3) is 9.05 Å². The van der Waals surface area contributed by atoms with Crippen LogP contribution in [0.2, 0.25) is 0 Å². The number of hydrogen-bond acceptors (Lipinski definition) is 6. The second-order valence-electron chi connectivity index (χ2n) is 3.39. The average molecular weight is 372 g/mol. The summed E-state index contributed by atoms with van der Waals surface area (Å²) in [6, 6.07) is 0.279. The monoisotopic (exact) mass is 371 g/mol. The molecule has 0 radical (unpaired) electrons. The SMILES string of the molecule is O=[N+]([O-])c1cc(OC(F)F)cc(S(=O)(=O)Cl)c1OC(F)(F)F. The molecule has 0 aliphatic rings. The summed E-state index contributed by atoms with van der Waals surface area (Å²) < 4.78 is 90.2. The predicted octanol–water partition coefficient (Wildman–Crippen LogP) is 3.02. The van der Waals surface area contributed by atoms with Crippen molar-refractivity contribution in [1.82, 2.24) is 0 Å². The minimum atomic E-state index is -5.49. The summed E-state index contributed by atoms with van der Waals surface area (Å²) >= 11 is 0. The number of ether oxygens (including phenoxy) is 2. The number of nitrogens with zero attached hydrogens (tertiary/aromatic N) is 1. The quantitative estimate of drug-likeness (QED) is 0.342. The second kappa shape index (κ2) is 6.08. The first kappa shape index (κ1) is 18.2. The fourth-order valence-electron chi connectivity index (χ4n) is 1.27. The van der Waals surface area contributed by atoms with Crippen LogP contribution in [-0.4, -0.2) is 26.3 Å². The Bertz CT molecular complexity index is 691. The maximum atomic E-state index is 12.2. The number of nitro benzene ring substituents is 1. The third kappa shape index (κ3) is 4.84. The zero-order valence-electron chi connectivity index (χ0n) is 9.80. The highest BCUT2D eigenvalue weighted by molar-refractivity contribution is 8.13. The second-order valence-corrected chi connectivity index (χ2v) is 5.93. The van der Waals surface area contributed by atoms with Gasteiger partial charge in [-0.05, 0) is 0 Å². The van der Waals surface area contributed by atoms with Crippen molar-refractivity contribution in [3.63, 3.8) is 0 Å². The first-order valence-corrected chi connectivity index (χ1v) is 7.10. The van der Waals surface area contributed by atoms with Crippen molar-refractivity contribution in [3.8, 4) is 11.5 Å². The molecule has 0 spiro atoms. The molecule has 0 amide bonds. The van der Waals surface area contributed by atoms with Gasteiger partial charge in [-0.3, -0.25) is 10.1 Å². The minimum absolute atomic E-state index is 0.138. The number of halogens is 6. The smallest absolute Gasteiger partial charge is 0.435 e. The van der Waals surface area contributed by atoms with Crippen molar-refractivity contribution in [3.05, 3.63) is 22.2 Å². The van der Waals surface area contributed by atoms with Crippen molar-refractivity contribution < 1.29 is 44.8 Å². The minimum Gasteiger partial charge on any atom is -0.435 e. The molecule has 0 N–H and O–H groups in total. The standard InChI is InChI=1S/C8H3ClF5NO6S/c9-22(18,19)5-2-3(20-7(10)11)1-4(15(16)17)6(5)21-8(12,13)14/h1-2,7H. The third-order valence-electron chi connectivity index (χ3n) is 1.91. The van der Waals surface area contributed by atoms with Crippen LogP contribution in [0.5, 0.6) is 11.5 Å². The number of alkyl halides is 5. The van der Waals surface area contributed by atoms with Gasteiger partial charge < -0.3 is 9.47 Å². The molecule has 0 saturated carbocycles. The zero-order chi connectivity index (χ0) is 17.3. The van der Waals surface area contributed by atoms with E-state index in [2.05, 4.69) is 9.47 Å². The first-order valence-electron chi connectivity index (χ1n) is 4.79. The molecule has 0 fully saturated rings. The van der Waals surface area contributed by atoms with Gasteiger partial charge in [0.2, 0.25) is 5.75 Å². The summed E-state index contributed by atoms with van der Waals surface area (Å²) in [6.45, 7) is -3.51. The zero-order valence-corrected chi connectivity index (χ0v) is 11.4. The van der Waals surface area contributed by atoms with E-state index < -0.39 is 49.0 Å². The van der Waals surface area contributed by atoms with Crippen LogP contribution in [0.1, 0.15) is 0 Å². The highest BCUT2D eigenvalue weighted by Gasteiger charge is 2.39. The Morgan fingerprint density at radius 3 is 2.18 bits per heavy atom. The molecule has 1 aromatic rings. The van der Waals surface area contributed by atoms with E-state index in [1.54, 1.807) is 0 Å². The summed E-state index contributed by atoms with van der Waals surface area (Å²) in [5, 5.41) is 10.7. The lowest BCUT2D eigenvalue weighted by Crippen LogP contribution is -2.19. The Hall–Kier alpha value is -1.89. The van der Waals surface area contributed by atoms with Gasteiger partial charge in [0.05, 0.1) is 11.0 Å². The van der Waals surface area contributed by atoms with E-state index in [1.807, 2.05) is 0 Å². The molecule has 1 aromatic carbocycles. The van der Waals surface area contributed by atoms with Crippen LogP contribution in [-0.2, 0) is 9.05 Å². The fraction of sp³-hybridized carbons (Fsp3) is 0.250. The Balaban J connectivity index is 3.67. The van der Waals surface area contributed by atoms with E-state index in [9.17, 15) is 40.5 Å². The molecule has 0 aromatic heterocycles. The Kier molecular flexibility index (Phi) is 5.02. The molecule has 14 heteroatoms. The Morgan fingerprint density at radius 1 is 1.27 bits per heavy atom. The van der Waals surface area contributed by atoms with Crippen molar-refractivity contribution in [2.75, 3.05) is 0 Å². The highest BCUT2D eigenvalue weighted by Crippen LogP contribution is 2.42. The van der Waals surface area contributed by atoms with Crippen LogP contribution >= 0.6 is 10.7 Å². The molecule has 0 atom stereocenters. The van der Waals surface area contributed by atoms with E-state index in [0.717, 1.165) is 0 Å². The molecule has 22 heavy (non-hydrogen) atoms. The third-order valence-corrected chi connectivity index (χ3v) is 3.24. The van der Waals surface area contributed by atoms with Gasteiger partial charge in [-0.1, -0.05) is 0 Å². The van der Waals surface area contributed by atoms with Crippen molar-refractivity contribution >= 4 is 25.4 Å². The number of hydrogen-bond donors (Lipinski definition) is 0. The lowest BCUT2D eigenvalue weighted by molar-refractivity contribution is -0.389. The van der Waals surface area contributed by atoms with Crippen LogP contribution in [0.25, 0.3) is 0 Å². The van der Waals surface area contributed by atoms with Gasteiger partial charge in [0.15, 0.2) is 0 Å². The van der Waals surface area contributed by atoms with Gasteiger partial charge in [-0.25, -0.2) is 8.42 Å². The molecule has 7 nitrogen and oxygen atoms in total. The van der Waals surface area contributed by atoms with Crippen LogP contribution < -0.4 is 9.47 Å². The molecule has 124 valence electrons. The lowest BCUT2D eigenvalue weighted by atomic mass is 10.2. The van der Waals surface area contributed by atoms with Crippen LogP contribution in [0, 0.1) is 10.1 Å². The van der Waals surface area contributed by atoms with Crippen molar-refractivity contribution in [2.24, 2.45) is 0 Å². The Morgan fingerprint density at radius 2 is 1.82 bits per heavy atom. The van der Waals surface area contributed by atoms with Crippen molar-refractivity contribution in [1.29, 1.82) is 0 Å². The van der Waals surface area contributed by atoms with Gasteiger partial charge in [0.1, 0.15) is 10.6 Å². The van der Waals surface area contributed by atoms with E-state index in [0.29, 0.717) is 0 Å². The van der Waals surface area contributed by atoms with Gasteiger partial charge in [0, 0.05) is 16.7 Å². The molecule has 1 rings (SSSR count). The topological polar surface area (TPSA) is 95.7 Å². The van der Waals surface area contributed by atoms with Crippen LogP contribution in [0.4, 0.5) is 27.6 Å². The highest BCUT2D eigenvalue weighted by atomic mass is 35.7. The van der Waals surface area contributed by atoms with E-state index >= 15 is 0 Å². The summed E-state index contributed by atoms with van der Waals surface area (Å²) in [4.78, 5) is 7.68. The first-order chi connectivity index (χ1) is 9.81. The number of benzene rings is 1. The van der Waals surface area contributed by atoms with E-state index in [4.69, 9.17) is 10.7 Å². The molecule has 0 aliphatic carbocycles. The maximum Gasteiger partial charge on any atom is 0.573 e.